The molecular formula is C17H21F2NO4. The fourth-order valence-corrected chi connectivity index (χ4v) is 2.69. The number of amides is 1. The molecule has 1 amide bonds. The number of likely N-dealkylation sites (tertiary alicyclic amines) is 1. The number of carboxylic acids is 1. The van der Waals surface area contributed by atoms with E-state index in [1.165, 1.54) is 24.3 Å². The van der Waals surface area contributed by atoms with Crippen LogP contribution in [-0.2, 0) is 4.74 Å². The van der Waals surface area contributed by atoms with Crippen molar-refractivity contribution in [1.82, 2.24) is 4.90 Å². The number of carbonyl (C=O) groups excluding carboxylic acids is 1. The first kappa shape index (κ1) is 18.2. The van der Waals surface area contributed by atoms with Crippen LogP contribution < -0.4 is 0 Å². The highest BCUT2D eigenvalue weighted by Crippen LogP contribution is 2.40. The molecule has 5 nitrogen and oxygen atoms in total. The molecule has 1 N–H and O–H groups in total. The van der Waals surface area contributed by atoms with E-state index in [0.29, 0.717) is 5.56 Å². The predicted molar refractivity (Wildman–Crippen MR) is 83.5 cm³/mol. The van der Waals surface area contributed by atoms with Gasteiger partial charge in [0, 0.05) is 6.54 Å². The third-order valence-electron chi connectivity index (χ3n) is 3.81. The van der Waals surface area contributed by atoms with E-state index in [9.17, 15) is 18.4 Å². The summed E-state index contributed by atoms with van der Waals surface area (Å²) < 4.78 is 34.1. The number of ether oxygens (including phenoxy) is 1. The Morgan fingerprint density at radius 1 is 1.25 bits per heavy atom. The molecule has 0 aliphatic carbocycles. The lowest BCUT2D eigenvalue weighted by molar-refractivity contribution is -0.0848. The number of hydrogen-bond donors (Lipinski definition) is 1. The van der Waals surface area contributed by atoms with Gasteiger partial charge in [0.05, 0.1) is 18.0 Å². The largest absolute Gasteiger partial charge is 0.478 e. The van der Waals surface area contributed by atoms with Crippen LogP contribution in [0.15, 0.2) is 24.3 Å². The van der Waals surface area contributed by atoms with Gasteiger partial charge in [0.25, 0.3) is 5.92 Å². The molecule has 1 aromatic carbocycles. The van der Waals surface area contributed by atoms with Gasteiger partial charge in [0.15, 0.2) is 0 Å². The molecule has 1 fully saturated rings. The van der Waals surface area contributed by atoms with Gasteiger partial charge in [-0.1, -0.05) is 12.1 Å². The minimum absolute atomic E-state index is 0.0493. The maximum absolute atomic E-state index is 14.5. The summed E-state index contributed by atoms with van der Waals surface area (Å²) >= 11 is 0. The van der Waals surface area contributed by atoms with Crippen LogP contribution in [0.25, 0.3) is 0 Å². The second-order valence-electron chi connectivity index (χ2n) is 6.93. The van der Waals surface area contributed by atoms with Crippen LogP contribution in [-0.4, -0.2) is 46.7 Å². The van der Waals surface area contributed by atoms with Crippen molar-refractivity contribution in [3.63, 3.8) is 0 Å². The van der Waals surface area contributed by atoms with Crippen molar-refractivity contribution in [1.29, 1.82) is 0 Å². The van der Waals surface area contributed by atoms with Gasteiger partial charge in [-0.2, -0.15) is 0 Å². The van der Waals surface area contributed by atoms with Gasteiger partial charge in [-0.15, -0.1) is 0 Å². The van der Waals surface area contributed by atoms with E-state index < -0.39 is 36.0 Å². The molecule has 1 saturated heterocycles. The summed E-state index contributed by atoms with van der Waals surface area (Å²) in [4.78, 5) is 23.8. The van der Waals surface area contributed by atoms with Crippen LogP contribution in [0, 0.1) is 0 Å². The van der Waals surface area contributed by atoms with Crippen molar-refractivity contribution in [3.05, 3.63) is 35.4 Å². The molecular weight excluding hydrogens is 320 g/mol. The van der Waals surface area contributed by atoms with E-state index in [4.69, 9.17) is 9.84 Å². The minimum atomic E-state index is -3.11. The predicted octanol–water partition coefficient (Wildman–Crippen LogP) is 3.74. The molecule has 0 aromatic heterocycles. The number of aromatic carboxylic acids is 1. The SMILES string of the molecule is CC(C)(C)OC(=O)N1CCC(c2ccc(C(=O)O)cc2)C(F)(F)C1. The molecule has 24 heavy (non-hydrogen) atoms. The van der Waals surface area contributed by atoms with Crippen molar-refractivity contribution in [2.24, 2.45) is 0 Å². The van der Waals surface area contributed by atoms with Crippen LogP contribution in [0.4, 0.5) is 13.6 Å². The monoisotopic (exact) mass is 341 g/mol. The van der Waals surface area contributed by atoms with Gasteiger partial charge >= 0.3 is 12.1 Å². The van der Waals surface area contributed by atoms with Crippen LogP contribution in [0.5, 0.6) is 0 Å². The summed E-state index contributed by atoms with van der Waals surface area (Å²) in [6, 6.07) is 5.44. The zero-order valence-corrected chi connectivity index (χ0v) is 13.9. The molecule has 1 aliphatic heterocycles. The molecule has 7 heteroatoms. The average molecular weight is 341 g/mol. The van der Waals surface area contributed by atoms with Crippen molar-refractivity contribution >= 4 is 12.1 Å². The van der Waals surface area contributed by atoms with Crippen LogP contribution in [0.3, 0.4) is 0 Å². The van der Waals surface area contributed by atoms with E-state index in [0.717, 1.165) is 4.90 Å². The Hall–Kier alpha value is -2.18. The quantitative estimate of drug-likeness (QED) is 0.890. The molecule has 1 heterocycles. The third kappa shape index (κ3) is 4.21. The van der Waals surface area contributed by atoms with Gasteiger partial charge < -0.3 is 14.7 Å². The van der Waals surface area contributed by atoms with Gasteiger partial charge in [0.1, 0.15) is 5.60 Å². The fourth-order valence-electron chi connectivity index (χ4n) is 2.69. The Morgan fingerprint density at radius 3 is 2.29 bits per heavy atom. The highest BCUT2D eigenvalue weighted by atomic mass is 19.3. The van der Waals surface area contributed by atoms with Crippen molar-refractivity contribution in [2.45, 2.75) is 44.6 Å². The highest BCUT2D eigenvalue weighted by Gasteiger charge is 2.47. The Morgan fingerprint density at radius 2 is 1.83 bits per heavy atom. The Kier molecular flexibility index (Phi) is 4.82. The lowest BCUT2D eigenvalue weighted by atomic mass is 9.86. The number of rotatable bonds is 2. The summed E-state index contributed by atoms with van der Waals surface area (Å²) in [7, 11) is 0. The normalized spacial score (nSPS) is 20.5. The summed E-state index contributed by atoms with van der Waals surface area (Å²) in [5.41, 5.74) is -0.322. The van der Waals surface area contributed by atoms with E-state index in [-0.39, 0.29) is 18.5 Å². The number of halogens is 2. The molecule has 0 radical (unpaired) electrons. The Bertz CT molecular complexity index is 622. The fraction of sp³-hybridized carbons (Fsp3) is 0.529. The number of hydrogen-bond acceptors (Lipinski definition) is 3. The first-order chi connectivity index (χ1) is 11.0. The third-order valence-corrected chi connectivity index (χ3v) is 3.81. The van der Waals surface area contributed by atoms with E-state index in [1.807, 2.05) is 0 Å². The number of nitrogens with zero attached hydrogens (tertiary/aromatic N) is 1. The van der Waals surface area contributed by atoms with Crippen molar-refractivity contribution < 1.29 is 28.2 Å². The van der Waals surface area contributed by atoms with Crippen molar-refractivity contribution in [3.8, 4) is 0 Å². The van der Waals surface area contributed by atoms with Crippen LogP contribution in [0.2, 0.25) is 0 Å². The van der Waals surface area contributed by atoms with Crippen molar-refractivity contribution in [2.75, 3.05) is 13.1 Å². The highest BCUT2D eigenvalue weighted by molar-refractivity contribution is 5.87. The van der Waals surface area contributed by atoms with Gasteiger partial charge in [-0.05, 0) is 44.9 Å². The topological polar surface area (TPSA) is 66.8 Å². The second-order valence-corrected chi connectivity index (χ2v) is 6.93. The van der Waals surface area contributed by atoms with Gasteiger partial charge in [-0.25, -0.2) is 18.4 Å². The van der Waals surface area contributed by atoms with E-state index in [1.54, 1.807) is 20.8 Å². The number of alkyl halides is 2. The lowest BCUT2D eigenvalue weighted by Gasteiger charge is -2.39. The first-order valence-electron chi connectivity index (χ1n) is 7.68. The van der Waals surface area contributed by atoms with Crippen LogP contribution in [0.1, 0.15) is 49.0 Å². The molecule has 0 saturated carbocycles. The number of carbonyl (C=O) groups is 2. The average Bonchev–Trinajstić information content (AvgIpc) is 2.44. The number of piperidine rings is 1. The summed E-state index contributed by atoms with van der Waals surface area (Å²) in [6.07, 6.45) is -0.666. The van der Waals surface area contributed by atoms with E-state index in [2.05, 4.69) is 0 Å². The lowest BCUT2D eigenvalue weighted by Crippen LogP contribution is -2.50. The molecule has 1 atom stereocenters. The molecule has 1 aromatic rings. The maximum Gasteiger partial charge on any atom is 0.410 e. The summed E-state index contributed by atoms with van der Waals surface area (Å²) in [5.74, 6) is -5.27. The van der Waals surface area contributed by atoms with E-state index >= 15 is 0 Å². The van der Waals surface area contributed by atoms with Crippen LogP contribution >= 0.6 is 0 Å². The number of benzene rings is 1. The molecule has 2 rings (SSSR count). The summed E-state index contributed by atoms with van der Waals surface area (Å²) in [5, 5.41) is 8.87. The van der Waals surface area contributed by atoms with Gasteiger partial charge in [-0.3, -0.25) is 0 Å². The maximum atomic E-state index is 14.5. The first-order valence-corrected chi connectivity index (χ1v) is 7.68. The van der Waals surface area contributed by atoms with Gasteiger partial charge in [0.2, 0.25) is 0 Å². The zero-order valence-electron chi connectivity index (χ0n) is 13.9. The molecule has 1 aliphatic rings. The number of carboxylic acid groups (broad SMARTS) is 1. The minimum Gasteiger partial charge on any atom is -0.478 e. The molecule has 0 spiro atoms. The molecule has 1 unspecified atom stereocenters. The standard InChI is InChI=1S/C17H21F2NO4/c1-16(2,3)24-15(23)20-9-8-13(17(18,19)10-20)11-4-6-12(7-5-11)14(21)22/h4-7,13H,8-10H2,1-3H3,(H,21,22). The zero-order chi connectivity index (χ0) is 18.1. The molecule has 132 valence electrons. The second kappa shape index (κ2) is 6.37. The Labute approximate surface area is 139 Å². The smallest absolute Gasteiger partial charge is 0.410 e. The summed E-state index contributed by atoms with van der Waals surface area (Å²) in [6.45, 7) is 4.49. The molecule has 0 bridgehead atoms. The Balaban J connectivity index is 2.11.